The van der Waals surface area contributed by atoms with Crippen LogP contribution < -0.4 is 5.56 Å². The van der Waals surface area contributed by atoms with Gasteiger partial charge in [0.05, 0.1) is 28.7 Å². The highest BCUT2D eigenvalue weighted by molar-refractivity contribution is 5.80. The zero-order valence-electron chi connectivity index (χ0n) is 11.9. The largest absolute Gasteiger partial charge is 0.294 e. The Bertz CT molecular complexity index is 931. The summed E-state index contributed by atoms with van der Waals surface area (Å²) in [4.78, 5) is 27.4. The molecule has 2 aromatic carbocycles. The number of nitrogens with zero attached hydrogens (tertiary/aromatic N) is 3. The van der Waals surface area contributed by atoms with Crippen molar-refractivity contribution in [3.63, 3.8) is 0 Å². The Morgan fingerprint density at radius 2 is 1.95 bits per heavy atom. The number of nitro benzene ring substituents is 1. The predicted molar refractivity (Wildman–Crippen MR) is 82.9 cm³/mol. The first-order valence-electron chi connectivity index (χ1n) is 6.75. The van der Waals surface area contributed by atoms with Gasteiger partial charge in [0.2, 0.25) is 0 Å². The second-order valence-electron chi connectivity index (χ2n) is 5.03. The first kappa shape index (κ1) is 13.9. The summed E-state index contributed by atoms with van der Waals surface area (Å²) in [6.07, 6.45) is 1.44. The standard InChI is InChI=1S/C16H13N3O3/c1-11-5-4-7-13-15(11)17-10-18(16(13)20)9-12-6-2-3-8-14(12)19(21)22/h2-8,10H,9H2,1H3. The maximum atomic E-state index is 12.5. The molecule has 0 radical (unpaired) electrons. The maximum absolute atomic E-state index is 12.5. The van der Waals surface area contributed by atoms with Crippen LogP contribution in [0.1, 0.15) is 11.1 Å². The average Bonchev–Trinajstić information content (AvgIpc) is 2.51. The van der Waals surface area contributed by atoms with Gasteiger partial charge in [-0.05, 0) is 18.6 Å². The molecule has 0 fully saturated rings. The molecule has 0 aliphatic carbocycles. The van der Waals surface area contributed by atoms with Crippen LogP contribution in [-0.2, 0) is 6.54 Å². The second kappa shape index (κ2) is 5.40. The number of hydrogen-bond acceptors (Lipinski definition) is 4. The highest BCUT2D eigenvalue weighted by atomic mass is 16.6. The molecular formula is C16H13N3O3. The van der Waals surface area contributed by atoms with Gasteiger partial charge in [0, 0.05) is 11.6 Å². The van der Waals surface area contributed by atoms with E-state index in [1.807, 2.05) is 13.0 Å². The fraction of sp³-hybridized carbons (Fsp3) is 0.125. The fourth-order valence-electron chi connectivity index (χ4n) is 2.46. The van der Waals surface area contributed by atoms with E-state index in [0.29, 0.717) is 16.5 Å². The van der Waals surface area contributed by atoms with E-state index in [9.17, 15) is 14.9 Å². The molecule has 0 aliphatic rings. The Morgan fingerprint density at radius 3 is 2.73 bits per heavy atom. The molecule has 0 saturated carbocycles. The summed E-state index contributed by atoms with van der Waals surface area (Å²) in [6, 6.07) is 11.8. The summed E-state index contributed by atoms with van der Waals surface area (Å²) in [5, 5.41) is 11.6. The monoisotopic (exact) mass is 295 g/mol. The van der Waals surface area contributed by atoms with Crippen molar-refractivity contribution < 1.29 is 4.92 Å². The molecule has 3 rings (SSSR count). The molecular weight excluding hydrogens is 282 g/mol. The SMILES string of the molecule is Cc1cccc2c(=O)n(Cc3ccccc3[N+](=O)[O-])cnc12. The quantitative estimate of drug-likeness (QED) is 0.549. The third-order valence-electron chi connectivity index (χ3n) is 3.58. The number of rotatable bonds is 3. The van der Waals surface area contributed by atoms with Crippen molar-refractivity contribution in [2.45, 2.75) is 13.5 Å². The highest BCUT2D eigenvalue weighted by Gasteiger charge is 2.14. The molecule has 0 unspecified atom stereocenters. The van der Waals surface area contributed by atoms with Crippen LogP contribution in [0, 0.1) is 17.0 Å². The average molecular weight is 295 g/mol. The van der Waals surface area contributed by atoms with Crippen molar-refractivity contribution in [3.05, 3.63) is 80.4 Å². The summed E-state index contributed by atoms with van der Waals surface area (Å²) < 4.78 is 1.39. The predicted octanol–water partition coefficient (Wildman–Crippen LogP) is 2.66. The van der Waals surface area contributed by atoms with Gasteiger partial charge in [0.25, 0.3) is 11.2 Å². The van der Waals surface area contributed by atoms with Crippen molar-refractivity contribution in [1.29, 1.82) is 0 Å². The van der Waals surface area contributed by atoms with Crippen LogP contribution in [0.25, 0.3) is 10.9 Å². The zero-order valence-corrected chi connectivity index (χ0v) is 11.9. The molecule has 6 nitrogen and oxygen atoms in total. The van der Waals surface area contributed by atoms with Crippen LogP contribution in [0.4, 0.5) is 5.69 Å². The van der Waals surface area contributed by atoms with E-state index in [0.717, 1.165) is 5.56 Å². The molecule has 0 atom stereocenters. The Hall–Kier alpha value is -3.02. The molecule has 6 heteroatoms. The van der Waals surface area contributed by atoms with E-state index in [-0.39, 0.29) is 17.8 Å². The normalized spacial score (nSPS) is 10.8. The van der Waals surface area contributed by atoms with Gasteiger partial charge in [0.15, 0.2) is 0 Å². The molecule has 1 aromatic heterocycles. The summed E-state index contributed by atoms with van der Waals surface area (Å²) in [5.41, 5.74) is 1.85. The number of para-hydroxylation sites is 2. The zero-order chi connectivity index (χ0) is 15.7. The van der Waals surface area contributed by atoms with Gasteiger partial charge in [-0.2, -0.15) is 0 Å². The lowest BCUT2D eigenvalue weighted by molar-refractivity contribution is -0.385. The first-order valence-corrected chi connectivity index (χ1v) is 6.75. The third-order valence-corrected chi connectivity index (χ3v) is 3.58. The van der Waals surface area contributed by atoms with E-state index in [2.05, 4.69) is 4.98 Å². The molecule has 3 aromatic rings. The molecule has 0 N–H and O–H groups in total. The first-order chi connectivity index (χ1) is 10.6. The lowest BCUT2D eigenvalue weighted by atomic mass is 10.1. The van der Waals surface area contributed by atoms with Gasteiger partial charge < -0.3 is 0 Å². The van der Waals surface area contributed by atoms with E-state index in [1.54, 1.807) is 30.3 Å². The molecule has 22 heavy (non-hydrogen) atoms. The second-order valence-corrected chi connectivity index (χ2v) is 5.03. The molecule has 110 valence electrons. The van der Waals surface area contributed by atoms with Crippen molar-refractivity contribution in [1.82, 2.24) is 9.55 Å². The van der Waals surface area contributed by atoms with Gasteiger partial charge in [-0.15, -0.1) is 0 Å². The summed E-state index contributed by atoms with van der Waals surface area (Å²) in [6.45, 7) is 2.01. The topological polar surface area (TPSA) is 78.0 Å². The highest BCUT2D eigenvalue weighted by Crippen LogP contribution is 2.18. The Labute approximate surface area is 125 Å². The van der Waals surface area contributed by atoms with E-state index < -0.39 is 4.92 Å². The minimum Gasteiger partial charge on any atom is -0.294 e. The summed E-state index contributed by atoms with van der Waals surface area (Å²) in [5.74, 6) is 0. The van der Waals surface area contributed by atoms with Gasteiger partial charge in [0.1, 0.15) is 0 Å². The van der Waals surface area contributed by atoms with Crippen molar-refractivity contribution in [2.75, 3.05) is 0 Å². The molecule has 0 saturated heterocycles. The van der Waals surface area contributed by atoms with Gasteiger partial charge >= 0.3 is 0 Å². The van der Waals surface area contributed by atoms with Crippen LogP contribution >= 0.6 is 0 Å². The van der Waals surface area contributed by atoms with Gasteiger partial charge in [-0.1, -0.05) is 30.3 Å². The number of aryl methyl sites for hydroxylation is 1. The summed E-state index contributed by atoms with van der Waals surface area (Å²) >= 11 is 0. The summed E-state index contributed by atoms with van der Waals surface area (Å²) in [7, 11) is 0. The fourth-order valence-corrected chi connectivity index (χ4v) is 2.46. The van der Waals surface area contributed by atoms with Crippen LogP contribution in [0.3, 0.4) is 0 Å². The molecule has 0 aliphatic heterocycles. The Kier molecular flexibility index (Phi) is 3.42. The molecule has 0 amide bonds. The molecule has 0 spiro atoms. The number of fused-ring (bicyclic) bond motifs is 1. The van der Waals surface area contributed by atoms with Crippen LogP contribution in [0.15, 0.2) is 53.6 Å². The smallest absolute Gasteiger partial charge is 0.274 e. The Balaban J connectivity index is 2.11. The minimum absolute atomic E-state index is 0.00117. The maximum Gasteiger partial charge on any atom is 0.274 e. The molecule has 1 heterocycles. The van der Waals surface area contributed by atoms with Crippen LogP contribution in [0.2, 0.25) is 0 Å². The lowest BCUT2D eigenvalue weighted by Gasteiger charge is -2.08. The number of aromatic nitrogens is 2. The Morgan fingerprint density at radius 1 is 1.18 bits per heavy atom. The van der Waals surface area contributed by atoms with E-state index >= 15 is 0 Å². The third kappa shape index (κ3) is 2.35. The van der Waals surface area contributed by atoms with Crippen molar-refractivity contribution >= 4 is 16.6 Å². The van der Waals surface area contributed by atoms with Gasteiger partial charge in [-0.3, -0.25) is 19.5 Å². The number of benzene rings is 2. The number of nitro groups is 1. The van der Waals surface area contributed by atoms with E-state index in [1.165, 1.54) is 17.0 Å². The van der Waals surface area contributed by atoms with Crippen LogP contribution in [0.5, 0.6) is 0 Å². The lowest BCUT2D eigenvalue weighted by Crippen LogP contribution is -2.21. The van der Waals surface area contributed by atoms with Crippen LogP contribution in [-0.4, -0.2) is 14.5 Å². The number of hydrogen-bond donors (Lipinski definition) is 0. The van der Waals surface area contributed by atoms with Crippen molar-refractivity contribution in [2.24, 2.45) is 0 Å². The van der Waals surface area contributed by atoms with Crippen molar-refractivity contribution in [3.8, 4) is 0 Å². The van der Waals surface area contributed by atoms with E-state index in [4.69, 9.17) is 0 Å². The minimum atomic E-state index is -0.445. The molecule has 0 bridgehead atoms. The van der Waals surface area contributed by atoms with Gasteiger partial charge in [-0.25, -0.2) is 4.98 Å².